The molecule has 0 aliphatic rings. The number of aromatic amines is 1. The van der Waals surface area contributed by atoms with Crippen molar-refractivity contribution in [2.24, 2.45) is 0 Å². The Morgan fingerprint density at radius 2 is 2.16 bits per heavy atom. The van der Waals surface area contributed by atoms with Crippen molar-refractivity contribution in [3.05, 3.63) is 23.9 Å². The molecule has 0 spiro atoms. The molecule has 0 fully saturated rings. The maximum absolute atomic E-state index is 12.5. The number of H-pyrrole nitrogens is 1. The number of ether oxygens (including phenoxy) is 1. The molecule has 0 aliphatic carbocycles. The van der Waals surface area contributed by atoms with Gasteiger partial charge in [0.25, 0.3) is 0 Å². The zero-order valence-corrected chi connectivity index (χ0v) is 11.2. The number of nitrogen functional groups attached to an aromatic ring is 1. The molecular weight excluding hydrogens is 272 g/mol. The average molecular weight is 285 g/mol. The summed E-state index contributed by atoms with van der Waals surface area (Å²) in [6, 6.07) is 3.34. The highest BCUT2D eigenvalue weighted by molar-refractivity contribution is 7.98. The molecule has 0 radical (unpaired) electrons. The van der Waals surface area contributed by atoms with Gasteiger partial charge in [0, 0.05) is 10.5 Å². The topological polar surface area (TPSA) is 63.9 Å². The van der Waals surface area contributed by atoms with Gasteiger partial charge >= 0.3 is 6.61 Å². The Morgan fingerprint density at radius 1 is 1.42 bits per heavy atom. The molecule has 19 heavy (non-hydrogen) atoms. The summed E-state index contributed by atoms with van der Waals surface area (Å²) in [5.41, 5.74) is 7.96. The molecule has 2 aromatic rings. The maximum Gasteiger partial charge on any atom is 0.387 e. The van der Waals surface area contributed by atoms with Gasteiger partial charge in [0.05, 0.1) is 17.6 Å². The number of aryl methyl sites for hydroxylation is 1. The lowest BCUT2D eigenvalue weighted by Gasteiger charge is -2.13. The first-order valence-corrected chi connectivity index (χ1v) is 6.68. The molecule has 102 valence electrons. The van der Waals surface area contributed by atoms with Gasteiger partial charge in [-0.25, -0.2) is 0 Å². The van der Waals surface area contributed by atoms with E-state index in [1.807, 2.05) is 13.2 Å². The molecule has 2 rings (SSSR count). The SMILES string of the molecule is CSc1cc(-c2[nH]ncc2N)c(OC(F)F)cc1C. The fraction of sp³-hybridized carbons (Fsp3) is 0.250. The van der Waals surface area contributed by atoms with E-state index in [4.69, 9.17) is 5.73 Å². The van der Waals surface area contributed by atoms with Gasteiger partial charge < -0.3 is 10.5 Å². The van der Waals surface area contributed by atoms with Crippen molar-refractivity contribution in [1.29, 1.82) is 0 Å². The van der Waals surface area contributed by atoms with E-state index in [1.165, 1.54) is 18.0 Å². The highest BCUT2D eigenvalue weighted by Gasteiger charge is 2.17. The largest absolute Gasteiger partial charge is 0.434 e. The molecule has 4 nitrogen and oxygen atoms in total. The van der Waals surface area contributed by atoms with E-state index >= 15 is 0 Å². The second-order valence-corrected chi connectivity index (χ2v) is 4.74. The van der Waals surface area contributed by atoms with E-state index in [-0.39, 0.29) is 5.75 Å². The first-order valence-electron chi connectivity index (χ1n) is 5.45. The minimum atomic E-state index is -2.89. The molecule has 1 heterocycles. The number of thioether (sulfide) groups is 1. The number of nitrogens with one attached hydrogen (secondary N) is 1. The summed E-state index contributed by atoms with van der Waals surface area (Å²) >= 11 is 1.52. The smallest absolute Gasteiger partial charge is 0.387 e. The number of aromatic nitrogens is 2. The average Bonchev–Trinajstić information content (AvgIpc) is 2.75. The highest BCUT2D eigenvalue weighted by atomic mass is 32.2. The quantitative estimate of drug-likeness (QED) is 0.846. The minimum absolute atomic E-state index is 0.0845. The molecule has 0 unspecified atom stereocenters. The third kappa shape index (κ3) is 2.81. The number of halogens is 2. The van der Waals surface area contributed by atoms with Gasteiger partial charge in [-0.15, -0.1) is 11.8 Å². The van der Waals surface area contributed by atoms with E-state index in [1.54, 1.807) is 12.1 Å². The number of rotatable bonds is 4. The van der Waals surface area contributed by atoms with Crippen molar-refractivity contribution in [1.82, 2.24) is 10.2 Å². The lowest BCUT2D eigenvalue weighted by Crippen LogP contribution is -2.04. The Hall–Kier alpha value is -1.76. The first-order chi connectivity index (χ1) is 9.02. The molecule has 1 aromatic heterocycles. The summed E-state index contributed by atoms with van der Waals surface area (Å²) in [5.74, 6) is 0.0845. The maximum atomic E-state index is 12.5. The van der Waals surface area contributed by atoms with Gasteiger partial charge in [-0.05, 0) is 30.9 Å². The number of benzene rings is 1. The van der Waals surface area contributed by atoms with Crippen LogP contribution in [0.25, 0.3) is 11.3 Å². The summed E-state index contributed by atoms with van der Waals surface area (Å²) in [7, 11) is 0. The Morgan fingerprint density at radius 3 is 2.68 bits per heavy atom. The van der Waals surface area contributed by atoms with Crippen LogP contribution in [-0.2, 0) is 0 Å². The number of nitrogens with zero attached hydrogens (tertiary/aromatic N) is 1. The van der Waals surface area contributed by atoms with Crippen molar-refractivity contribution in [2.45, 2.75) is 18.4 Å². The Kier molecular flexibility index (Phi) is 3.94. The van der Waals surface area contributed by atoms with Crippen LogP contribution in [0.3, 0.4) is 0 Å². The fourth-order valence-electron chi connectivity index (χ4n) is 1.78. The van der Waals surface area contributed by atoms with Crippen molar-refractivity contribution >= 4 is 17.4 Å². The molecule has 0 atom stereocenters. The van der Waals surface area contributed by atoms with Crippen LogP contribution in [-0.4, -0.2) is 23.1 Å². The molecule has 3 N–H and O–H groups in total. The van der Waals surface area contributed by atoms with E-state index in [2.05, 4.69) is 14.9 Å². The second kappa shape index (κ2) is 5.48. The summed E-state index contributed by atoms with van der Waals surface area (Å²) in [5, 5.41) is 6.49. The molecule has 0 saturated heterocycles. The summed E-state index contributed by atoms with van der Waals surface area (Å²) < 4.78 is 29.5. The summed E-state index contributed by atoms with van der Waals surface area (Å²) in [6.07, 6.45) is 3.34. The van der Waals surface area contributed by atoms with Crippen LogP contribution in [0.2, 0.25) is 0 Å². The predicted molar refractivity (Wildman–Crippen MR) is 71.6 cm³/mol. The van der Waals surface area contributed by atoms with E-state index in [9.17, 15) is 8.78 Å². The summed E-state index contributed by atoms with van der Waals surface area (Å²) in [4.78, 5) is 0.964. The Labute approximate surface area is 113 Å². The standard InChI is InChI=1S/C12H13F2N3OS/c1-6-3-9(18-12(13)14)7(4-10(6)19-2)11-8(15)5-16-17-11/h3-5,12H,15H2,1-2H3,(H,16,17). The van der Waals surface area contributed by atoms with Crippen LogP contribution in [0.4, 0.5) is 14.5 Å². The molecule has 0 bridgehead atoms. The van der Waals surface area contributed by atoms with Crippen LogP contribution >= 0.6 is 11.8 Å². The number of hydrogen-bond donors (Lipinski definition) is 2. The zero-order chi connectivity index (χ0) is 14.0. The Bertz CT molecular complexity index is 586. The number of nitrogens with two attached hydrogens (primary N) is 1. The monoisotopic (exact) mass is 285 g/mol. The van der Waals surface area contributed by atoms with Gasteiger partial charge in [-0.3, -0.25) is 5.10 Å². The van der Waals surface area contributed by atoms with E-state index in [0.717, 1.165) is 10.5 Å². The number of anilines is 1. The molecule has 7 heteroatoms. The van der Waals surface area contributed by atoms with Gasteiger partial charge in [0.1, 0.15) is 5.75 Å². The molecule has 0 saturated carbocycles. The van der Waals surface area contributed by atoms with Gasteiger partial charge in [0.15, 0.2) is 0 Å². The van der Waals surface area contributed by atoms with E-state index < -0.39 is 6.61 Å². The third-order valence-electron chi connectivity index (χ3n) is 2.65. The van der Waals surface area contributed by atoms with Crippen molar-refractivity contribution in [3.63, 3.8) is 0 Å². The van der Waals surface area contributed by atoms with Crippen molar-refractivity contribution < 1.29 is 13.5 Å². The fourth-order valence-corrected chi connectivity index (χ4v) is 2.40. The first kappa shape index (κ1) is 13.7. The van der Waals surface area contributed by atoms with Gasteiger partial charge in [-0.2, -0.15) is 13.9 Å². The van der Waals surface area contributed by atoms with Gasteiger partial charge in [0.2, 0.25) is 0 Å². The zero-order valence-electron chi connectivity index (χ0n) is 10.4. The number of hydrogen-bond acceptors (Lipinski definition) is 4. The Balaban J connectivity index is 2.58. The minimum Gasteiger partial charge on any atom is -0.434 e. The normalized spacial score (nSPS) is 11.0. The van der Waals surface area contributed by atoms with Crippen molar-refractivity contribution in [2.75, 3.05) is 12.0 Å². The number of alkyl halides is 2. The van der Waals surface area contributed by atoms with Crippen LogP contribution in [0.5, 0.6) is 5.75 Å². The van der Waals surface area contributed by atoms with Crippen LogP contribution in [0.1, 0.15) is 5.56 Å². The van der Waals surface area contributed by atoms with E-state index in [0.29, 0.717) is 16.9 Å². The van der Waals surface area contributed by atoms with Crippen molar-refractivity contribution in [3.8, 4) is 17.0 Å². The molecule has 0 amide bonds. The van der Waals surface area contributed by atoms with Crippen LogP contribution < -0.4 is 10.5 Å². The highest BCUT2D eigenvalue weighted by Crippen LogP contribution is 2.37. The van der Waals surface area contributed by atoms with Gasteiger partial charge in [-0.1, -0.05) is 0 Å². The van der Waals surface area contributed by atoms with Crippen LogP contribution in [0.15, 0.2) is 23.2 Å². The van der Waals surface area contributed by atoms with Crippen LogP contribution in [0, 0.1) is 6.92 Å². The second-order valence-electron chi connectivity index (χ2n) is 3.90. The predicted octanol–water partition coefficient (Wildman–Crippen LogP) is 3.29. The third-order valence-corrected chi connectivity index (χ3v) is 3.53. The lowest BCUT2D eigenvalue weighted by molar-refractivity contribution is -0.0495. The molecular formula is C12H13F2N3OS. The molecule has 0 aliphatic heterocycles. The molecule has 1 aromatic carbocycles. The summed E-state index contributed by atoms with van der Waals surface area (Å²) in [6.45, 7) is -1.05. The lowest BCUT2D eigenvalue weighted by atomic mass is 10.1.